The number of alkyl halides is 3. The average Bonchev–Trinajstić information content (AvgIpc) is 3.14. The van der Waals surface area contributed by atoms with Crippen molar-refractivity contribution in [3.63, 3.8) is 0 Å². The molecule has 0 N–H and O–H groups in total. The molecular formula is C17H10F3N5O3S. The molecule has 0 radical (unpaired) electrons. The molecule has 0 atom stereocenters. The van der Waals surface area contributed by atoms with Crippen molar-refractivity contribution < 1.29 is 22.6 Å². The summed E-state index contributed by atoms with van der Waals surface area (Å²) in [6, 6.07) is 7.97. The Kier molecular flexibility index (Phi) is 5.51. The predicted molar refractivity (Wildman–Crippen MR) is 94.6 cm³/mol. The van der Waals surface area contributed by atoms with E-state index in [2.05, 4.69) is 15.1 Å². The van der Waals surface area contributed by atoms with Crippen molar-refractivity contribution in [1.29, 1.82) is 5.26 Å². The van der Waals surface area contributed by atoms with Crippen LogP contribution in [-0.4, -0.2) is 20.0 Å². The Labute approximate surface area is 165 Å². The maximum atomic E-state index is 13.2. The van der Waals surface area contributed by atoms with Gasteiger partial charge in [0, 0.05) is 23.4 Å². The lowest BCUT2D eigenvalue weighted by molar-refractivity contribution is -0.384. The van der Waals surface area contributed by atoms with Crippen LogP contribution in [-0.2, 0) is 11.9 Å². The highest BCUT2D eigenvalue weighted by molar-refractivity contribution is 7.98. The first kappa shape index (κ1) is 20.3. The van der Waals surface area contributed by atoms with Crippen LogP contribution in [0, 0.1) is 28.4 Å². The number of thioether (sulfide) groups is 1. The van der Waals surface area contributed by atoms with Crippen LogP contribution in [0.4, 0.5) is 18.9 Å². The molecule has 3 rings (SSSR count). The zero-order chi connectivity index (χ0) is 21.2. The van der Waals surface area contributed by atoms with E-state index in [-0.39, 0.29) is 33.9 Å². The minimum atomic E-state index is -4.69. The molecule has 0 aliphatic heterocycles. The molecule has 0 aliphatic carbocycles. The summed E-state index contributed by atoms with van der Waals surface area (Å²) >= 11 is 0.848. The van der Waals surface area contributed by atoms with E-state index in [0.717, 1.165) is 17.8 Å². The molecule has 0 bridgehead atoms. The van der Waals surface area contributed by atoms with Crippen LogP contribution >= 0.6 is 11.8 Å². The number of nitriles is 1. The van der Waals surface area contributed by atoms with Gasteiger partial charge in [0.2, 0.25) is 11.7 Å². The van der Waals surface area contributed by atoms with Crippen LogP contribution in [0.15, 0.2) is 39.9 Å². The van der Waals surface area contributed by atoms with Gasteiger partial charge in [0.25, 0.3) is 5.69 Å². The van der Waals surface area contributed by atoms with Crippen LogP contribution in [0.2, 0.25) is 0 Å². The average molecular weight is 421 g/mol. The number of nitro groups is 1. The Bertz CT molecular complexity index is 1120. The van der Waals surface area contributed by atoms with Crippen molar-refractivity contribution in [1.82, 2.24) is 15.1 Å². The summed E-state index contributed by atoms with van der Waals surface area (Å²) in [4.78, 5) is 18.4. The van der Waals surface area contributed by atoms with Gasteiger partial charge in [-0.1, -0.05) is 29.1 Å². The standard InChI is InChI=1S/C17H10F3N5O3S/c1-9-5-13(17(18,19)20)12(7-21)16(22-9)29-8-14-23-15(24-28-14)10-3-2-4-11(6-10)25(26)27/h2-6H,8H2,1H3. The van der Waals surface area contributed by atoms with Crippen LogP contribution in [0.3, 0.4) is 0 Å². The van der Waals surface area contributed by atoms with E-state index in [1.165, 1.54) is 25.1 Å². The Hall–Kier alpha value is -3.46. The number of nitrogens with zero attached hydrogens (tertiary/aromatic N) is 5. The number of halogens is 3. The minimum Gasteiger partial charge on any atom is -0.338 e. The minimum absolute atomic E-state index is 0.0373. The molecular weight excluding hydrogens is 411 g/mol. The van der Waals surface area contributed by atoms with Crippen LogP contribution < -0.4 is 0 Å². The molecule has 0 unspecified atom stereocenters. The second-order valence-corrected chi connectivity index (χ2v) is 6.67. The molecule has 29 heavy (non-hydrogen) atoms. The van der Waals surface area contributed by atoms with Gasteiger partial charge in [0.15, 0.2) is 0 Å². The Morgan fingerprint density at radius 3 is 2.72 bits per heavy atom. The third kappa shape index (κ3) is 4.52. The molecule has 2 aromatic heterocycles. The summed E-state index contributed by atoms with van der Waals surface area (Å²) in [6.07, 6.45) is -4.69. The lowest BCUT2D eigenvalue weighted by Gasteiger charge is -2.12. The van der Waals surface area contributed by atoms with Crippen molar-refractivity contribution in [2.24, 2.45) is 0 Å². The van der Waals surface area contributed by atoms with Gasteiger partial charge in [-0.05, 0) is 13.0 Å². The molecule has 3 aromatic rings. The molecule has 0 spiro atoms. The first-order valence-corrected chi connectivity index (χ1v) is 8.86. The summed E-state index contributed by atoms with van der Waals surface area (Å²) in [6.45, 7) is 1.40. The fourth-order valence-corrected chi connectivity index (χ4v) is 3.29. The zero-order valence-corrected chi connectivity index (χ0v) is 15.4. The molecule has 0 aliphatic rings. The smallest absolute Gasteiger partial charge is 0.338 e. The highest BCUT2D eigenvalue weighted by Crippen LogP contribution is 2.36. The topological polar surface area (TPSA) is 119 Å². The first-order chi connectivity index (χ1) is 13.7. The molecule has 2 heterocycles. The Balaban J connectivity index is 1.84. The van der Waals surface area contributed by atoms with Crippen LogP contribution in [0.5, 0.6) is 0 Å². The predicted octanol–water partition coefficient (Wildman–Crippen LogP) is 4.53. The van der Waals surface area contributed by atoms with Crippen molar-refractivity contribution in [3.05, 3.63) is 63.2 Å². The molecule has 148 valence electrons. The SMILES string of the molecule is Cc1cc(C(F)(F)F)c(C#N)c(SCc2nc(-c3cccc([N+](=O)[O-])c3)no2)n1. The molecule has 0 amide bonds. The van der Waals surface area contributed by atoms with E-state index in [4.69, 9.17) is 9.78 Å². The van der Waals surface area contributed by atoms with Gasteiger partial charge in [0.05, 0.1) is 21.8 Å². The van der Waals surface area contributed by atoms with Gasteiger partial charge in [-0.3, -0.25) is 10.1 Å². The summed E-state index contributed by atoms with van der Waals surface area (Å²) < 4.78 is 44.5. The molecule has 12 heteroatoms. The second kappa shape index (κ2) is 7.88. The summed E-state index contributed by atoms with van der Waals surface area (Å²) in [7, 11) is 0. The molecule has 0 saturated carbocycles. The van der Waals surface area contributed by atoms with Gasteiger partial charge >= 0.3 is 6.18 Å². The largest absolute Gasteiger partial charge is 0.417 e. The zero-order valence-electron chi connectivity index (χ0n) is 14.6. The lowest BCUT2D eigenvalue weighted by atomic mass is 10.1. The van der Waals surface area contributed by atoms with Gasteiger partial charge < -0.3 is 4.52 Å². The van der Waals surface area contributed by atoms with Crippen molar-refractivity contribution in [2.75, 3.05) is 0 Å². The van der Waals surface area contributed by atoms with E-state index in [1.54, 1.807) is 12.1 Å². The summed E-state index contributed by atoms with van der Waals surface area (Å²) in [5.41, 5.74) is -1.32. The number of non-ortho nitro benzene ring substituents is 1. The van der Waals surface area contributed by atoms with E-state index in [9.17, 15) is 23.3 Å². The quantitative estimate of drug-likeness (QED) is 0.335. The van der Waals surface area contributed by atoms with Gasteiger partial charge in [-0.25, -0.2) is 4.98 Å². The molecule has 0 saturated heterocycles. The fourth-order valence-electron chi connectivity index (χ4n) is 2.40. The number of pyridine rings is 1. The maximum Gasteiger partial charge on any atom is 0.417 e. The van der Waals surface area contributed by atoms with Gasteiger partial charge in [-0.15, -0.1) is 0 Å². The van der Waals surface area contributed by atoms with E-state index in [1.807, 2.05) is 0 Å². The Morgan fingerprint density at radius 1 is 1.31 bits per heavy atom. The molecule has 1 aromatic carbocycles. The van der Waals surface area contributed by atoms with Crippen LogP contribution in [0.1, 0.15) is 22.7 Å². The third-order valence-corrected chi connectivity index (χ3v) is 4.61. The normalized spacial score (nSPS) is 11.3. The maximum absolute atomic E-state index is 13.2. The number of aryl methyl sites for hydroxylation is 1. The second-order valence-electron chi connectivity index (χ2n) is 5.71. The highest BCUT2D eigenvalue weighted by Gasteiger charge is 2.35. The number of aromatic nitrogens is 3. The monoisotopic (exact) mass is 421 g/mol. The fraction of sp³-hybridized carbons (Fsp3) is 0.176. The highest BCUT2D eigenvalue weighted by atomic mass is 32.2. The third-order valence-electron chi connectivity index (χ3n) is 3.65. The summed E-state index contributed by atoms with van der Waals surface area (Å²) in [5, 5.41) is 23.7. The van der Waals surface area contributed by atoms with E-state index < -0.39 is 22.2 Å². The number of hydrogen-bond acceptors (Lipinski definition) is 8. The van der Waals surface area contributed by atoms with Gasteiger partial charge in [0.1, 0.15) is 11.1 Å². The number of nitro benzene ring substituents is 1. The van der Waals surface area contributed by atoms with E-state index in [0.29, 0.717) is 5.56 Å². The number of hydrogen-bond donors (Lipinski definition) is 0. The summed E-state index contributed by atoms with van der Waals surface area (Å²) in [5.74, 6) is 0.125. The van der Waals surface area contributed by atoms with Crippen molar-refractivity contribution >= 4 is 17.4 Å². The number of benzene rings is 1. The van der Waals surface area contributed by atoms with Crippen LogP contribution in [0.25, 0.3) is 11.4 Å². The lowest BCUT2D eigenvalue weighted by Crippen LogP contribution is -2.10. The first-order valence-electron chi connectivity index (χ1n) is 7.88. The van der Waals surface area contributed by atoms with Gasteiger partial charge in [-0.2, -0.15) is 23.4 Å². The number of rotatable bonds is 5. The van der Waals surface area contributed by atoms with Crippen molar-refractivity contribution in [3.8, 4) is 17.5 Å². The Morgan fingerprint density at radius 2 is 2.07 bits per heavy atom. The molecule has 0 fully saturated rings. The van der Waals surface area contributed by atoms with Crippen molar-refractivity contribution in [2.45, 2.75) is 23.9 Å². The van der Waals surface area contributed by atoms with E-state index >= 15 is 0 Å². The molecule has 8 nitrogen and oxygen atoms in total.